The Hall–Kier alpha value is -1.99. The number of nitrogens with one attached hydrogen (secondary N) is 1. The minimum absolute atomic E-state index is 0.0643. The number of anilines is 1. The number of halogens is 1. The van der Waals surface area contributed by atoms with E-state index in [-0.39, 0.29) is 21.4 Å². The average molecular weight is 312 g/mol. The Bertz CT molecular complexity index is 682. The van der Waals surface area contributed by atoms with E-state index in [1.165, 1.54) is 23.7 Å². The number of aryl methyl sites for hydroxylation is 1. The maximum absolute atomic E-state index is 12.0. The summed E-state index contributed by atoms with van der Waals surface area (Å²) in [6.07, 6.45) is 2.48. The zero-order valence-corrected chi connectivity index (χ0v) is 12.2. The molecule has 0 bridgehead atoms. The first kappa shape index (κ1) is 14.4. The Balaban J connectivity index is 2.30. The van der Waals surface area contributed by atoms with Crippen molar-refractivity contribution in [3.05, 3.63) is 39.2 Å². The summed E-state index contributed by atoms with van der Waals surface area (Å²) in [4.78, 5) is 31.6. The zero-order chi connectivity index (χ0) is 14.9. The van der Waals surface area contributed by atoms with Crippen molar-refractivity contribution in [3.8, 4) is 0 Å². The molecule has 0 unspecified atom stereocenters. The van der Waals surface area contributed by atoms with Crippen LogP contribution in [0.5, 0.6) is 0 Å². The van der Waals surface area contributed by atoms with E-state index in [9.17, 15) is 14.7 Å². The molecule has 0 fully saturated rings. The van der Waals surface area contributed by atoms with Crippen molar-refractivity contribution in [2.24, 2.45) is 0 Å². The Morgan fingerprint density at radius 1 is 1.30 bits per heavy atom. The number of rotatable bonds is 3. The van der Waals surface area contributed by atoms with Crippen LogP contribution < -0.4 is 5.32 Å². The van der Waals surface area contributed by atoms with Gasteiger partial charge >= 0.3 is 5.97 Å². The number of hydrogen-bond acceptors (Lipinski definition) is 5. The summed E-state index contributed by atoms with van der Waals surface area (Å²) >= 11 is 6.79. The van der Waals surface area contributed by atoms with Gasteiger partial charge in [-0.15, -0.1) is 11.3 Å². The standard InChI is InChI=1S/C12H10ClN3O3S/c1-5-6(2)20-11(9(5)12(18)19)16-10(17)7-3-15-8(13)4-14-7/h3-4H,1-2H3,(H,16,17)(H,18,19). The van der Waals surface area contributed by atoms with Crippen molar-refractivity contribution in [3.63, 3.8) is 0 Å². The van der Waals surface area contributed by atoms with Crippen LogP contribution in [-0.2, 0) is 0 Å². The molecular formula is C12H10ClN3O3S. The molecule has 2 heterocycles. The van der Waals surface area contributed by atoms with Gasteiger partial charge in [-0.1, -0.05) is 11.6 Å². The van der Waals surface area contributed by atoms with Crippen LogP contribution in [0.4, 0.5) is 5.00 Å². The van der Waals surface area contributed by atoms with Gasteiger partial charge in [-0.3, -0.25) is 4.79 Å². The van der Waals surface area contributed by atoms with E-state index in [1.807, 2.05) is 0 Å². The fourth-order valence-corrected chi connectivity index (χ4v) is 2.71. The third kappa shape index (κ3) is 2.78. The highest BCUT2D eigenvalue weighted by atomic mass is 35.5. The summed E-state index contributed by atoms with van der Waals surface area (Å²) < 4.78 is 0. The van der Waals surface area contributed by atoms with Gasteiger partial charge in [-0.25, -0.2) is 14.8 Å². The number of carboxylic acid groups (broad SMARTS) is 1. The molecule has 0 aliphatic heterocycles. The van der Waals surface area contributed by atoms with Gasteiger partial charge in [0.05, 0.1) is 18.0 Å². The first-order valence-electron chi connectivity index (χ1n) is 5.52. The molecule has 2 aromatic heterocycles. The molecule has 0 aliphatic carbocycles. The lowest BCUT2D eigenvalue weighted by Gasteiger charge is -2.03. The summed E-state index contributed by atoms with van der Waals surface area (Å²) in [6, 6.07) is 0. The molecule has 20 heavy (non-hydrogen) atoms. The van der Waals surface area contributed by atoms with Crippen LogP contribution in [0.25, 0.3) is 0 Å². The predicted molar refractivity (Wildman–Crippen MR) is 75.7 cm³/mol. The van der Waals surface area contributed by atoms with E-state index in [0.717, 1.165) is 4.88 Å². The number of nitrogens with zero attached hydrogens (tertiary/aromatic N) is 2. The second kappa shape index (κ2) is 5.56. The quantitative estimate of drug-likeness (QED) is 0.909. The van der Waals surface area contributed by atoms with Gasteiger partial charge in [0.15, 0.2) is 0 Å². The molecule has 2 N–H and O–H groups in total. The van der Waals surface area contributed by atoms with E-state index in [1.54, 1.807) is 13.8 Å². The highest BCUT2D eigenvalue weighted by molar-refractivity contribution is 7.16. The molecule has 6 nitrogen and oxygen atoms in total. The number of thiophene rings is 1. The first-order valence-corrected chi connectivity index (χ1v) is 6.71. The van der Waals surface area contributed by atoms with E-state index in [0.29, 0.717) is 5.56 Å². The van der Waals surface area contributed by atoms with Gasteiger partial charge in [-0.05, 0) is 19.4 Å². The van der Waals surface area contributed by atoms with E-state index < -0.39 is 11.9 Å². The largest absolute Gasteiger partial charge is 0.478 e. The second-order valence-electron chi connectivity index (χ2n) is 3.97. The predicted octanol–water partition coefficient (Wildman–Crippen LogP) is 2.76. The summed E-state index contributed by atoms with van der Waals surface area (Å²) in [5.74, 6) is -1.61. The minimum atomic E-state index is -1.08. The van der Waals surface area contributed by atoms with E-state index in [2.05, 4.69) is 15.3 Å². The molecule has 0 aromatic carbocycles. The molecular weight excluding hydrogens is 302 g/mol. The summed E-state index contributed by atoms with van der Waals surface area (Å²) in [5, 5.41) is 12.2. The molecule has 0 radical (unpaired) electrons. The van der Waals surface area contributed by atoms with Crippen LogP contribution >= 0.6 is 22.9 Å². The molecule has 2 aromatic rings. The van der Waals surface area contributed by atoms with Crippen molar-refractivity contribution >= 4 is 39.8 Å². The molecule has 0 spiro atoms. The zero-order valence-electron chi connectivity index (χ0n) is 10.6. The average Bonchev–Trinajstić information content (AvgIpc) is 2.65. The van der Waals surface area contributed by atoms with Crippen LogP contribution in [0.2, 0.25) is 5.15 Å². The van der Waals surface area contributed by atoms with Crippen LogP contribution in [0.1, 0.15) is 31.3 Å². The van der Waals surface area contributed by atoms with Crippen molar-refractivity contribution in [2.75, 3.05) is 5.32 Å². The SMILES string of the molecule is Cc1sc(NC(=O)c2cnc(Cl)cn2)c(C(=O)O)c1C. The number of amides is 1. The lowest BCUT2D eigenvalue weighted by atomic mass is 10.1. The van der Waals surface area contributed by atoms with E-state index >= 15 is 0 Å². The molecule has 1 amide bonds. The van der Waals surface area contributed by atoms with Crippen molar-refractivity contribution < 1.29 is 14.7 Å². The molecule has 0 saturated carbocycles. The van der Waals surface area contributed by atoms with Crippen LogP contribution in [0, 0.1) is 13.8 Å². The smallest absolute Gasteiger partial charge is 0.338 e. The Morgan fingerprint density at radius 2 is 2.00 bits per heavy atom. The number of carboxylic acids is 1. The number of hydrogen-bond donors (Lipinski definition) is 2. The number of aromatic carboxylic acids is 1. The lowest BCUT2D eigenvalue weighted by Crippen LogP contribution is -2.15. The maximum atomic E-state index is 12.0. The normalized spacial score (nSPS) is 10.3. The second-order valence-corrected chi connectivity index (χ2v) is 5.58. The highest BCUT2D eigenvalue weighted by Crippen LogP contribution is 2.32. The highest BCUT2D eigenvalue weighted by Gasteiger charge is 2.21. The Kier molecular flexibility index (Phi) is 4.01. The Morgan fingerprint density at radius 3 is 2.55 bits per heavy atom. The molecule has 2 rings (SSSR count). The summed E-state index contributed by atoms with van der Waals surface area (Å²) in [5.41, 5.74) is 0.803. The van der Waals surface area contributed by atoms with Crippen molar-refractivity contribution in [2.45, 2.75) is 13.8 Å². The van der Waals surface area contributed by atoms with Gasteiger partial charge in [0, 0.05) is 4.88 Å². The molecule has 0 saturated heterocycles. The molecule has 8 heteroatoms. The fourth-order valence-electron chi connectivity index (χ4n) is 1.57. The van der Waals surface area contributed by atoms with Crippen LogP contribution in [0.15, 0.2) is 12.4 Å². The number of aromatic nitrogens is 2. The number of carbonyl (C=O) groups excluding carboxylic acids is 1. The van der Waals surface area contributed by atoms with Crippen molar-refractivity contribution in [1.82, 2.24) is 9.97 Å². The Labute approximate surface area is 123 Å². The van der Waals surface area contributed by atoms with Crippen molar-refractivity contribution in [1.29, 1.82) is 0 Å². The number of carbonyl (C=O) groups is 2. The van der Waals surface area contributed by atoms with Crippen LogP contribution in [-0.4, -0.2) is 27.0 Å². The van der Waals surface area contributed by atoms with Crippen LogP contribution in [0.3, 0.4) is 0 Å². The maximum Gasteiger partial charge on any atom is 0.338 e. The topological polar surface area (TPSA) is 92.2 Å². The first-order chi connectivity index (χ1) is 9.40. The van der Waals surface area contributed by atoms with Gasteiger partial charge in [-0.2, -0.15) is 0 Å². The molecule has 0 aliphatic rings. The monoisotopic (exact) mass is 311 g/mol. The van der Waals surface area contributed by atoms with E-state index in [4.69, 9.17) is 11.6 Å². The van der Waals surface area contributed by atoms with Gasteiger partial charge < -0.3 is 10.4 Å². The van der Waals surface area contributed by atoms with Gasteiger partial charge in [0.2, 0.25) is 0 Å². The van der Waals surface area contributed by atoms with Gasteiger partial charge in [0.1, 0.15) is 15.8 Å². The molecule has 0 atom stereocenters. The third-order valence-corrected chi connectivity index (χ3v) is 4.00. The third-order valence-electron chi connectivity index (χ3n) is 2.68. The lowest BCUT2D eigenvalue weighted by molar-refractivity contribution is 0.0697. The molecule has 104 valence electrons. The fraction of sp³-hybridized carbons (Fsp3) is 0.167. The van der Waals surface area contributed by atoms with Gasteiger partial charge in [0.25, 0.3) is 5.91 Å². The summed E-state index contributed by atoms with van der Waals surface area (Å²) in [6.45, 7) is 3.50. The minimum Gasteiger partial charge on any atom is -0.478 e. The summed E-state index contributed by atoms with van der Waals surface area (Å²) in [7, 11) is 0.